The highest BCUT2D eigenvalue weighted by Crippen LogP contribution is 2.22. The molecule has 4 heteroatoms. The predicted molar refractivity (Wildman–Crippen MR) is 136 cm³/mol. The molecule has 0 saturated heterocycles. The molecule has 0 unspecified atom stereocenters. The molecule has 0 heterocycles. The molecular formula is C31H24FNO2. The van der Waals surface area contributed by atoms with Crippen molar-refractivity contribution in [2.24, 2.45) is 0 Å². The van der Waals surface area contributed by atoms with Crippen molar-refractivity contribution in [1.29, 1.82) is 5.26 Å². The Kier molecular flexibility index (Phi) is 7.50. The summed E-state index contributed by atoms with van der Waals surface area (Å²) < 4.78 is 20.0. The molecule has 4 aromatic rings. The second kappa shape index (κ2) is 11.1. The molecular weight excluding hydrogens is 437 g/mol. The minimum absolute atomic E-state index is 0.262. The Morgan fingerprint density at radius 1 is 0.943 bits per heavy atom. The van der Waals surface area contributed by atoms with E-state index in [4.69, 9.17) is 10.00 Å². The van der Waals surface area contributed by atoms with Crippen molar-refractivity contribution in [3.63, 3.8) is 0 Å². The number of nitriles is 1. The van der Waals surface area contributed by atoms with Crippen LogP contribution in [-0.4, -0.2) is 5.97 Å². The summed E-state index contributed by atoms with van der Waals surface area (Å²) in [5.41, 5.74) is 4.43. The molecule has 0 fully saturated rings. The maximum atomic E-state index is 14.7. The normalized spacial score (nSPS) is 11.7. The molecule has 0 radical (unpaired) electrons. The third-order valence-corrected chi connectivity index (χ3v) is 5.77. The highest BCUT2D eigenvalue weighted by atomic mass is 19.1. The Morgan fingerprint density at radius 3 is 2.31 bits per heavy atom. The quantitative estimate of drug-likeness (QED) is 0.163. The van der Waals surface area contributed by atoms with Crippen molar-refractivity contribution in [3.8, 4) is 11.8 Å². The first-order valence-corrected chi connectivity index (χ1v) is 11.4. The van der Waals surface area contributed by atoms with E-state index < -0.39 is 5.97 Å². The van der Waals surface area contributed by atoms with Gasteiger partial charge in [0.1, 0.15) is 11.6 Å². The molecule has 0 amide bonds. The van der Waals surface area contributed by atoms with Crippen molar-refractivity contribution in [2.75, 3.05) is 0 Å². The molecule has 0 spiro atoms. The van der Waals surface area contributed by atoms with E-state index in [0.29, 0.717) is 28.4 Å². The van der Waals surface area contributed by atoms with E-state index in [0.717, 1.165) is 17.5 Å². The zero-order valence-corrected chi connectivity index (χ0v) is 19.3. The summed E-state index contributed by atoms with van der Waals surface area (Å²) in [6.45, 7) is 2.14. The third kappa shape index (κ3) is 6.31. The number of ether oxygens (including phenoxy) is 1. The van der Waals surface area contributed by atoms with Gasteiger partial charge in [0.05, 0.1) is 17.2 Å². The topological polar surface area (TPSA) is 50.1 Å². The first-order valence-electron chi connectivity index (χ1n) is 11.4. The van der Waals surface area contributed by atoms with Gasteiger partial charge in [-0.2, -0.15) is 5.26 Å². The predicted octanol–water partition coefficient (Wildman–Crippen LogP) is 7.43. The SMILES string of the molecule is C[C@H](Cc1ccc(C=Cc2ccc(C(=O)Oc3ccc(C#N)cc3)cc2)c(F)c1)c1ccccc1. The largest absolute Gasteiger partial charge is 0.423 e. The van der Waals surface area contributed by atoms with Crippen molar-refractivity contribution in [2.45, 2.75) is 19.3 Å². The van der Waals surface area contributed by atoms with Gasteiger partial charge in [-0.05, 0) is 71.5 Å². The molecule has 0 bridgehead atoms. The van der Waals surface area contributed by atoms with Crippen molar-refractivity contribution >= 4 is 18.1 Å². The van der Waals surface area contributed by atoms with E-state index in [2.05, 4.69) is 19.1 Å². The summed E-state index contributed by atoms with van der Waals surface area (Å²) >= 11 is 0. The van der Waals surface area contributed by atoms with E-state index in [9.17, 15) is 9.18 Å². The Balaban J connectivity index is 1.37. The van der Waals surface area contributed by atoms with E-state index >= 15 is 0 Å². The lowest BCUT2D eigenvalue weighted by Crippen LogP contribution is -2.08. The average molecular weight is 462 g/mol. The van der Waals surface area contributed by atoms with E-state index in [-0.39, 0.29) is 5.82 Å². The second-order valence-electron chi connectivity index (χ2n) is 8.35. The van der Waals surface area contributed by atoms with Crippen LogP contribution < -0.4 is 4.74 Å². The molecule has 4 rings (SSSR count). The third-order valence-electron chi connectivity index (χ3n) is 5.77. The molecule has 3 nitrogen and oxygen atoms in total. The number of carbonyl (C=O) groups is 1. The van der Waals surface area contributed by atoms with E-state index in [1.165, 1.54) is 5.56 Å². The summed E-state index contributed by atoms with van der Waals surface area (Å²) in [5, 5.41) is 8.84. The number of nitrogens with zero attached hydrogens (tertiary/aromatic N) is 1. The van der Waals surface area contributed by atoms with Crippen molar-refractivity contribution < 1.29 is 13.9 Å². The van der Waals surface area contributed by atoms with Crippen molar-refractivity contribution in [1.82, 2.24) is 0 Å². The summed E-state index contributed by atoms with van der Waals surface area (Å²) in [6.07, 6.45) is 4.30. The van der Waals surface area contributed by atoms with Crippen LogP contribution in [0.3, 0.4) is 0 Å². The lowest BCUT2D eigenvalue weighted by atomic mass is 9.93. The van der Waals surface area contributed by atoms with Crippen LogP contribution in [0.5, 0.6) is 5.75 Å². The number of hydrogen-bond donors (Lipinski definition) is 0. The maximum Gasteiger partial charge on any atom is 0.343 e. The zero-order chi connectivity index (χ0) is 24.6. The van der Waals surface area contributed by atoms with Gasteiger partial charge in [-0.3, -0.25) is 0 Å². The van der Waals surface area contributed by atoms with Gasteiger partial charge in [-0.15, -0.1) is 0 Å². The van der Waals surface area contributed by atoms with Crippen LogP contribution in [0.15, 0.2) is 97.1 Å². The van der Waals surface area contributed by atoms with Crippen LogP contribution in [0.4, 0.5) is 4.39 Å². The first kappa shape index (κ1) is 23.7. The Bertz CT molecular complexity index is 1370. The Hall–Kier alpha value is -4.49. The number of esters is 1. The van der Waals surface area contributed by atoms with E-state index in [1.54, 1.807) is 72.8 Å². The lowest BCUT2D eigenvalue weighted by molar-refractivity contribution is 0.0734. The van der Waals surface area contributed by atoms with Gasteiger partial charge in [0.2, 0.25) is 0 Å². The Labute approximate surface area is 204 Å². The molecule has 0 aliphatic rings. The standard InChI is InChI=1S/C31H24FNO2/c1-22(26-5-3-2-4-6-26)19-25-10-14-27(30(32)20-25)13-7-23-8-15-28(16-9-23)31(34)35-29-17-11-24(21-33)12-18-29/h2-18,20,22H,19H2,1H3/t22-/m1/s1. The molecule has 0 aliphatic carbocycles. The van der Waals surface area contributed by atoms with Gasteiger partial charge in [-0.25, -0.2) is 9.18 Å². The summed E-state index contributed by atoms with van der Waals surface area (Å²) in [4.78, 5) is 12.3. The minimum Gasteiger partial charge on any atom is -0.423 e. The highest BCUT2D eigenvalue weighted by Gasteiger charge is 2.10. The molecule has 0 aromatic heterocycles. The fraction of sp³-hybridized carbons (Fsp3) is 0.0968. The number of halogens is 1. The van der Waals surface area contributed by atoms with Gasteiger partial charge < -0.3 is 4.74 Å². The molecule has 0 saturated carbocycles. The smallest absolute Gasteiger partial charge is 0.343 e. The van der Waals surface area contributed by atoms with Crippen LogP contribution in [0.1, 0.15) is 51.0 Å². The van der Waals surface area contributed by atoms with Crippen LogP contribution in [0.25, 0.3) is 12.2 Å². The average Bonchev–Trinajstić information content (AvgIpc) is 2.89. The van der Waals surface area contributed by atoms with Gasteiger partial charge in [0, 0.05) is 5.56 Å². The van der Waals surface area contributed by atoms with Crippen LogP contribution in [0.2, 0.25) is 0 Å². The summed E-state index contributed by atoms with van der Waals surface area (Å²) in [6, 6.07) is 30.8. The fourth-order valence-electron chi connectivity index (χ4n) is 3.77. The summed E-state index contributed by atoms with van der Waals surface area (Å²) in [7, 11) is 0. The number of rotatable bonds is 7. The fourth-order valence-corrected chi connectivity index (χ4v) is 3.77. The number of carbonyl (C=O) groups excluding carboxylic acids is 1. The molecule has 172 valence electrons. The van der Waals surface area contributed by atoms with Crippen LogP contribution in [0, 0.1) is 17.1 Å². The number of hydrogen-bond acceptors (Lipinski definition) is 3. The second-order valence-corrected chi connectivity index (χ2v) is 8.35. The maximum absolute atomic E-state index is 14.7. The van der Waals surface area contributed by atoms with Crippen LogP contribution in [-0.2, 0) is 6.42 Å². The molecule has 0 N–H and O–H groups in total. The number of benzene rings is 4. The highest BCUT2D eigenvalue weighted by molar-refractivity contribution is 5.91. The minimum atomic E-state index is -0.489. The monoisotopic (exact) mass is 461 g/mol. The molecule has 35 heavy (non-hydrogen) atoms. The summed E-state index contributed by atoms with van der Waals surface area (Å²) in [5.74, 6) is -0.0765. The lowest BCUT2D eigenvalue weighted by Gasteiger charge is -2.12. The van der Waals surface area contributed by atoms with E-state index in [1.807, 2.05) is 30.3 Å². The molecule has 1 atom stereocenters. The van der Waals surface area contributed by atoms with Gasteiger partial charge in [-0.1, -0.05) is 73.7 Å². The zero-order valence-electron chi connectivity index (χ0n) is 19.3. The van der Waals surface area contributed by atoms with Gasteiger partial charge >= 0.3 is 5.97 Å². The van der Waals surface area contributed by atoms with Crippen LogP contribution >= 0.6 is 0 Å². The van der Waals surface area contributed by atoms with Gasteiger partial charge in [0.25, 0.3) is 0 Å². The molecule has 0 aliphatic heterocycles. The van der Waals surface area contributed by atoms with Gasteiger partial charge in [0.15, 0.2) is 0 Å². The first-order chi connectivity index (χ1) is 17.0. The van der Waals surface area contributed by atoms with Crippen molar-refractivity contribution in [3.05, 3.63) is 136 Å². The molecule has 4 aromatic carbocycles. The Morgan fingerprint density at radius 2 is 1.66 bits per heavy atom.